The molecule has 0 saturated carbocycles. The number of nitro benzene ring substituents is 1. The minimum Gasteiger partial charge on any atom is -0.321 e. The third kappa shape index (κ3) is 3.29. The second-order valence-corrected chi connectivity index (χ2v) is 3.77. The van der Waals surface area contributed by atoms with Crippen LogP contribution in [0.15, 0.2) is 54.6 Å². The fourth-order valence-corrected chi connectivity index (χ4v) is 1.55. The van der Waals surface area contributed by atoms with Crippen LogP contribution in [0.5, 0.6) is 0 Å². The normalized spacial score (nSPS) is 10.0. The summed E-state index contributed by atoms with van der Waals surface area (Å²) >= 11 is 0. The number of nitrogens with zero attached hydrogens (tertiary/aromatic N) is 1. The molecule has 0 spiro atoms. The van der Waals surface area contributed by atoms with Crippen molar-refractivity contribution < 1.29 is 4.92 Å². The number of benzene rings is 2. The zero-order chi connectivity index (χ0) is 12.8. The predicted octanol–water partition coefficient (Wildman–Crippen LogP) is 2.71. The summed E-state index contributed by atoms with van der Waals surface area (Å²) < 4.78 is 0. The summed E-state index contributed by atoms with van der Waals surface area (Å²) in [6, 6.07) is 16.2. The second-order valence-electron chi connectivity index (χ2n) is 3.77. The molecule has 0 amide bonds. The average molecular weight is 243 g/mol. The van der Waals surface area contributed by atoms with E-state index in [1.807, 2.05) is 36.4 Å². The predicted molar refractivity (Wildman–Crippen MR) is 70.0 cm³/mol. The summed E-state index contributed by atoms with van der Waals surface area (Å²) in [6.07, 6.45) is 0. The third-order valence-electron chi connectivity index (χ3n) is 2.42. The zero-order valence-corrected chi connectivity index (χ0v) is 9.67. The number of anilines is 1. The quantitative estimate of drug-likeness (QED) is 0.626. The molecule has 0 fully saturated rings. The standard InChI is InChI=1S/C13H13N3O2/c17-16(18)13-8-4-5-11(9-13)10-14-15-12-6-2-1-3-7-12/h1-9,14-15H,10H2. The molecule has 0 heterocycles. The van der Waals surface area contributed by atoms with Gasteiger partial charge in [0.15, 0.2) is 0 Å². The van der Waals surface area contributed by atoms with Crippen molar-refractivity contribution in [2.75, 3.05) is 5.43 Å². The number of hydrogen-bond acceptors (Lipinski definition) is 4. The molecule has 0 aromatic heterocycles. The van der Waals surface area contributed by atoms with Gasteiger partial charge in [0.05, 0.1) is 4.92 Å². The largest absolute Gasteiger partial charge is 0.321 e. The molecule has 0 bridgehead atoms. The lowest BCUT2D eigenvalue weighted by atomic mass is 10.2. The van der Waals surface area contributed by atoms with E-state index in [-0.39, 0.29) is 5.69 Å². The minimum absolute atomic E-state index is 0.106. The fourth-order valence-electron chi connectivity index (χ4n) is 1.55. The number of rotatable bonds is 5. The number of para-hydroxylation sites is 1. The van der Waals surface area contributed by atoms with Gasteiger partial charge >= 0.3 is 0 Å². The first-order valence-electron chi connectivity index (χ1n) is 5.53. The smallest absolute Gasteiger partial charge is 0.269 e. The van der Waals surface area contributed by atoms with Crippen molar-refractivity contribution in [1.29, 1.82) is 0 Å². The highest BCUT2D eigenvalue weighted by Crippen LogP contribution is 2.12. The molecule has 2 aromatic rings. The summed E-state index contributed by atoms with van der Waals surface area (Å²) in [5.41, 5.74) is 7.94. The molecule has 18 heavy (non-hydrogen) atoms. The molecule has 0 radical (unpaired) electrons. The lowest BCUT2D eigenvalue weighted by Gasteiger charge is -2.07. The van der Waals surface area contributed by atoms with E-state index in [4.69, 9.17) is 0 Å². The maximum Gasteiger partial charge on any atom is 0.269 e. The Kier molecular flexibility index (Phi) is 3.88. The lowest BCUT2D eigenvalue weighted by Crippen LogP contribution is -2.20. The van der Waals surface area contributed by atoms with Crippen LogP contribution in [0.1, 0.15) is 5.56 Å². The van der Waals surface area contributed by atoms with E-state index in [0.29, 0.717) is 6.54 Å². The van der Waals surface area contributed by atoms with E-state index in [2.05, 4.69) is 10.9 Å². The minimum atomic E-state index is -0.395. The molecule has 5 heteroatoms. The van der Waals surface area contributed by atoms with Crippen LogP contribution in [0.25, 0.3) is 0 Å². The van der Waals surface area contributed by atoms with Crippen LogP contribution < -0.4 is 10.9 Å². The molecule has 2 rings (SSSR count). The summed E-state index contributed by atoms with van der Waals surface area (Å²) in [5.74, 6) is 0. The Bertz CT molecular complexity index is 529. The van der Waals surface area contributed by atoms with Crippen molar-refractivity contribution in [1.82, 2.24) is 5.43 Å². The zero-order valence-electron chi connectivity index (χ0n) is 9.67. The summed E-state index contributed by atoms with van der Waals surface area (Å²) in [7, 11) is 0. The highest BCUT2D eigenvalue weighted by molar-refractivity contribution is 5.41. The van der Waals surface area contributed by atoms with Gasteiger partial charge in [-0.15, -0.1) is 0 Å². The number of nitrogens with one attached hydrogen (secondary N) is 2. The molecular formula is C13H13N3O2. The summed E-state index contributed by atoms with van der Waals surface area (Å²) in [5, 5.41) is 10.6. The van der Waals surface area contributed by atoms with Crippen LogP contribution in [0.3, 0.4) is 0 Å². The van der Waals surface area contributed by atoms with Gasteiger partial charge in [-0.3, -0.25) is 10.1 Å². The van der Waals surface area contributed by atoms with E-state index < -0.39 is 4.92 Å². The van der Waals surface area contributed by atoms with E-state index in [0.717, 1.165) is 11.3 Å². The topological polar surface area (TPSA) is 67.2 Å². The lowest BCUT2D eigenvalue weighted by molar-refractivity contribution is -0.384. The fraction of sp³-hybridized carbons (Fsp3) is 0.0769. The molecule has 0 aliphatic heterocycles. The molecule has 0 aliphatic carbocycles. The Balaban J connectivity index is 1.90. The van der Waals surface area contributed by atoms with Crippen LogP contribution in [0.4, 0.5) is 11.4 Å². The first-order valence-corrected chi connectivity index (χ1v) is 5.53. The van der Waals surface area contributed by atoms with Gasteiger partial charge < -0.3 is 5.43 Å². The molecular weight excluding hydrogens is 230 g/mol. The first kappa shape index (κ1) is 12.1. The number of hydrogen-bond donors (Lipinski definition) is 2. The van der Waals surface area contributed by atoms with Gasteiger partial charge in [-0.1, -0.05) is 30.3 Å². The monoisotopic (exact) mass is 243 g/mol. The molecule has 0 aliphatic rings. The molecule has 0 saturated heterocycles. The summed E-state index contributed by atoms with van der Waals surface area (Å²) in [6.45, 7) is 0.510. The van der Waals surface area contributed by atoms with Gasteiger partial charge in [-0.2, -0.15) is 0 Å². The molecule has 92 valence electrons. The molecule has 0 unspecified atom stereocenters. The van der Waals surface area contributed by atoms with E-state index in [1.54, 1.807) is 12.1 Å². The molecule has 2 N–H and O–H groups in total. The van der Waals surface area contributed by atoms with E-state index >= 15 is 0 Å². The van der Waals surface area contributed by atoms with Crippen molar-refractivity contribution in [2.24, 2.45) is 0 Å². The van der Waals surface area contributed by atoms with Crippen molar-refractivity contribution >= 4 is 11.4 Å². The van der Waals surface area contributed by atoms with E-state index in [1.165, 1.54) is 6.07 Å². The highest BCUT2D eigenvalue weighted by atomic mass is 16.6. The second kappa shape index (κ2) is 5.79. The van der Waals surface area contributed by atoms with Crippen LogP contribution in [0.2, 0.25) is 0 Å². The van der Waals surface area contributed by atoms with Gasteiger partial charge in [0.25, 0.3) is 5.69 Å². The van der Waals surface area contributed by atoms with Gasteiger partial charge in [0, 0.05) is 24.4 Å². The number of hydrazine groups is 1. The molecule has 5 nitrogen and oxygen atoms in total. The molecule has 0 atom stereocenters. The van der Waals surface area contributed by atoms with Crippen LogP contribution in [-0.4, -0.2) is 4.92 Å². The first-order chi connectivity index (χ1) is 8.75. The van der Waals surface area contributed by atoms with Crippen LogP contribution in [0, 0.1) is 10.1 Å². The Labute approximate surface area is 105 Å². The number of nitro groups is 1. The van der Waals surface area contributed by atoms with Crippen LogP contribution in [-0.2, 0) is 6.54 Å². The van der Waals surface area contributed by atoms with Gasteiger partial charge in [0.1, 0.15) is 0 Å². The Morgan fingerprint density at radius 2 is 1.83 bits per heavy atom. The van der Waals surface area contributed by atoms with E-state index in [9.17, 15) is 10.1 Å². The Morgan fingerprint density at radius 3 is 2.56 bits per heavy atom. The molecule has 2 aromatic carbocycles. The summed E-state index contributed by atoms with van der Waals surface area (Å²) in [4.78, 5) is 10.2. The maximum atomic E-state index is 10.6. The van der Waals surface area contributed by atoms with Crippen LogP contribution >= 0.6 is 0 Å². The van der Waals surface area contributed by atoms with Gasteiger partial charge in [-0.25, -0.2) is 5.43 Å². The van der Waals surface area contributed by atoms with Gasteiger partial charge in [-0.05, 0) is 17.7 Å². The maximum absolute atomic E-state index is 10.6. The van der Waals surface area contributed by atoms with Crippen molar-refractivity contribution in [3.63, 3.8) is 0 Å². The third-order valence-corrected chi connectivity index (χ3v) is 2.42. The van der Waals surface area contributed by atoms with Crippen molar-refractivity contribution in [3.8, 4) is 0 Å². The SMILES string of the molecule is O=[N+]([O-])c1cccc(CNNc2ccccc2)c1. The van der Waals surface area contributed by atoms with Gasteiger partial charge in [0.2, 0.25) is 0 Å². The van der Waals surface area contributed by atoms with Crippen molar-refractivity contribution in [3.05, 3.63) is 70.3 Å². The average Bonchev–Trinajstić information content (AvgIpc) is 2.40. The highest BCUT2D eigenvalue weighted by Gasteiger charge is 2.04. The number of non-ortho nitro benzene ring substituents is 1. The van der Waals surface area contributed by atoms with Crippen molar-refractivity contribution in [2.45, 2.75) is 6.54 Å². The Morgan fingerprint density at radius 1 is 1.06 bits per heavy atom. The Hall–Kier alpha value is -2.40.